The lowest BCUT2D eigenvalue weighted by Crippen LogP contribution is -2.01. The Balaban J connectivity index is 1.91. The zero-order valence-electron chi connectivity index (χ0n) is 14.3. The van der Waals surface area contributed by atoms with Gasteiger partial charge in [0, 0.05) is 17.7 Å². The van der Waals surface area contributed by atoms with Gasteiger partial charge < -0.3 is 10.8 Å². The fraction of sp³-hybridized carbons (Fsp3) is 0.0870. The van der Waals surface area contributed by atoms with Gasteiger partial charge in [0.2, 0.25) is 0 Å². The van der Waals surface area contributed by atoms with E-state index in [1.807, 2.05) is 60.7 Å². The summed E-state index contributed by atoms with van der Waals surface area (Å²) in [5.41, 5.74) is 11.3. The predicted octanol–water partition coefficient (Wildman–Crippen LogP) is 3.84. The molecule has 3 aromatic carbocycles. The third kappa shape index (κ3) is 4.38. The first-order valence-corrected chi connectivity index (χ1v) is 8.37. The summed E-state index contributed by atoms with van der Waals surface area (Å²) in [6.07, 6.45) is -0.0310. The second kappa shape index (κ2) is 8.15. The van der Waals surface area contributed by atoms with E-state index in [9.17, 15) is 4.79 Å². The summed E-state index contributed by atoms with van der Waals surface area (Å²) in [7, 11) is 0. The fourth-order valence-corrected chi connectivity index (χ4v) is 2.75. The van der Waals surface area contributed by atoms with Gasteiger partial charge in [-0.15, -0.1) is 0 Å². The molecule has 0 heterocycles. The summed E-state index contributed by atoms with van der Waals surface area (Å²) in [5, 5.41) is 9.02. The summed E-state index contributed by atoms with van der Waals surface area (Å²) in [6, 6.07) is 23.5. The van der Waals surface area contributed by atoms with Crippen molar-refractivity contribution in [2.24, 2.45) is 5.73 Å². The van der Waals surface area contributed by atoms with Gasteiger partial charge in [0.05, 0.1) is 6.42 Å². The van der Waals surface area contributed by atoms with Crippen LogP contribution in [0.1, 0.15) is 22.3 Å². The zero-order valence-corrected chi connectivity index (χ0v) is 14.3. The van der Waals surface area contributed by atoms with Crippen LogP contribution >= 0.6 is 0 Å². The molecule has 0 radical (unpaired) electrons. The van der Waals surface area contributed by atoms with E-state index in [4.69, 9.17) is 10.8 Å². The molecule has 0 amide bonds. The topological polar surface area (TPSA) is 63.3 Å². The lowest BCUT2D eigenvalue weighted by atomic mass is 10.0. The number of aliphatic carboxylic acids is 1. The summed E-state index contributed by atoms with van der Waals surface area (Å²) < 4.78 is 0. The minimum Gasteiger partial charge on any atom is -0.481 e. The molecule has 128 valence electrons. The van der Waals surface area contributed by atoms with Crippen LogP contribution in [0.3, 0.4) is 0 Å². The molecular formula is C23H19NO2. The van der Waals surface area contributed by atoms with Crippen molar-refractivity contribution in [3.63, 3.8) is 0 Å². The molecule has 3 heteroatoms. The highest BCUT2D eigenvalue weighted by atomic mass is 16.4. The Hall–Kier alpha value is -3.35. The van der Waals surface area contributed by atoms with E-state index in [1.54, 1.807) is 6.07 Å². The zero-order chi connectivity index (χ0) is 18.4. The molecule has 3 aromatic rings. The highest BCUT2D eigenvalue weighted by Crippen LogP contribution is 2.21. The first-order valence-electron chi connectivity index (χ1n) is 8.37. The Labute approximate surface area is 153 Å². The number of carboxylic acids is 1. The highest BCUT2D eigenvalue weighted by molar-refractivity contribution is 5.71. The van der Waals surface area contributed by atoms with Gasteiger partial charge in [-0.25, -0.2) is 0 Å². The Morgan fingerprint density at radius 2 is 1.62 bits per heavy atom. The van der Waals surface area contributed by atoms with Crippen LogP contribution < -0.4 is 5.73 Å². The molecule has 0 unspecified atom stereocenters. The van der Waals surface area contributed by atoms with Crippen molar-refractivity contribution in [3.05, 3.63) is 95.1 Å². The molecule has 0 saturated carbocycles. The van der Waals surface area contributed by atoms with Crippen LogP contribution in [0.2, 0.25) is 0 Å². The molecule has 26 heavy (non-hydrogen) atoms. The number of rotatable bonds is 4. The molecule has 3 nitrogen and oxygen atoms in total. The van der Waals surface area contributed by atoms with Crippen molar-refractivity contribution in [2.75, 3.05) is 0 Å². The molecule has 3 rings (SSSR count). The molecule has 0 bridgehead atoms. The van der Waals surface area contributed by atoms with Gasteiger partial charge in [-0.05, 0) is 46.5 Å². The third-order valence-electron chi connectivity index (χ3n) is 4.06. The van der Waals surface area contributed by atoms with E-state index in [0.29, 0.717) is 6.54 Å². The average molecular weight is 341 g/mol. The number of hydrogen-bond acceptors (Lipinski definition) is 2. The van der Waals surface area contributed by atoms with E-state index in [2.05, 4.69) is 17.9 Å². The molecule has 0 saturated heterocycles. The smallest absolute Gasteiger partial charge is 0.307 e. The van der Waals surface area contributed by atoms with Gasteiger partial charge >= 0.3 is 5.97 Å². The van der Waals surface area contributed by atoms with Crippen molar-refractivity contribution in [1.82, 2.24) is 0 Å². The highest BCUT2D eigenvalue weighted by Gasteiger charge is 2.04. The molecule has 0 aliphatic heterocycles. The first kappa shape index (κ1) is 17.5. The Morgan fingerprint density at radius 1 is 0.885 bits per heavy atom. The molecule has 0 fully saturated rings. The maximum absolute atomic E-state index is 11.0. The van der Waals surface area contributed by atoms with E-state index in [-0.39, 0.29) is 6.42 Å². The minimum atomic E-state index is -0.860. The predicted molar refractivity (Wildman–Crippen MR) is 104 cm³/mol. The van der Waals surface area contributed by atoms with Crippen LogP contribution in [0.4, 0.5) is 0 Å². The van der Waals surface area contributed by atoms with Crippen molar-refractivity contribution < 1.29 is 9.90 Å². The van der Waals surface area contributed by atoms with Crippen LogP contribution in [0, 0.1) is 11.8 Å². The van der Waals surface area contributed by atoms with E-state index >= 15 is 0 Å². The van der Waals surface area contributed by atoms with Crippen LogP contribution in [-0.2, 0) is 17.8 Å². The summed E-state index contributed by atoms with van der Waals surface area (Å²) in [4.78, 5) is 11.0. The average Bonchev–Trinajstić information content (AvgIpc) is 2.67. The van der Waals surface area contributed by atoms with Crippen LogP contribution in [0.15, 0.2) is 72.8 Å². The Kier molecular flexibility index (Phi) is 5.48. The number of carbonyl (C=O) groups is 1. The van der Waals surface area contributed by atoms with Gasteiger partial charge in [0.15, 0.2) is 0 Å². The lowest BCUT2D eigenvalue weighted by molar-refractivity contribution is -0.136. The summed E-state index contributed by atoms with van der Waals surface area (Å²) >= 11 is 0. The van der Waals surface area contributed by atoms with Crippen LogP contribution in [-0.4, -0.2) is 11.1 Å². The number of benzene rings is 3. The van der Waals surface area contributed by atoms with Gasteiger partial charge in [-0.3, -0.25) is 4.79 Å². The summed E-state index contributed by atoms with van der Waals surface area (Å²) in [5.74, 6) is 5.39. The van der Waals surface area contributed by atoms with Gasteiger partial charge in [-0.2, -0.15) is 0 Å². The first-order chi connectivity index (χ1) is 12.7. The molecule has 3 N–H and O–H groups in total. The maximum atomic E-state index is 11.0. The monoisotopic (exact) mass is 341 g/mol. The van der Waals surface area contributed by atoms with Crippen molar-refractivity contribution >= 4 is 5.97 Å². The van der Waals surface area contributed by atoms with Crippen LogP contribution in [0.5, 0.6) is 0 Å². The van der Waals surface area contributed by atoms with Gasteiger partial charge in [0.1, 0.15) is 0 Å². The van der Waals surface area contributed by atoms with E-state index in [0.717, 1.165) is 33.4 Å². The minimum absolute atomic E-state index is 0.0310. The van der Waals surface area contributed by atoms with Gasteiger partial charge in [-0.1, -0.05) is 60.4 Å². The van der Waals surface area contributed by atoms with E-state index < -0.39 is 5.97 Å². The molecular weight excluding hydrogens is 322 g/mol. The van der Waals surface area contributed by atoms with Crippen molar-refractivity contribution in [1.29, 1.82) is 0 Å². The number of nitrogens with two attached hydrogens (primary N) is 1. The summed E-state index contributed by atoms with van der Waals surface area (Å²) in [6.45, 7) is 0.508. The normalized spacial score (nSPS) is 10.0. The third-order valence-corrected chi connectivity index (χ3v) is 4.06. The second-order valence-electron chi connectivity index (χ2n) is 5.96. The largest absolute Gasteiger partial charge is 0.481 e. The van der Waals surface area contributed by atoms with Crippen LogP contribution in [0.25, 0.3) is 11.1 Å². The quantitative estimate of drug-likeness (QED) is 0.709. The second-order valence-corrected chi connectivity index (χ2v) is 5.96. The van der Waals surface area contributed by atoms with Crippen molar-refractivity contribution in [3.8, 4) is 23.0 Å². The molecule has 0 atom stereocenters. The lowest BCUT2D eigenvalue weighted by Gasteiger charge is -2.05. The number of hydrogen-bond donors (Lipinski definition) is 2. The molecule has 0 aromatic heterocycles. The molecule has 0 aliphatic rings. The fourth-order valence-electron chi connectivity index (χ4n) is 2.75. The number of carboxylic acid groups (broad SMARTS) is 1. The Bertz CT molecular complexity index is 996. The SMILES string of the molecule is NCc1cccc(-c2cccc(C#Cc3ccccc3CC(=O)O)c2)c1. The Morgan fingerprint density at radius 3 is 2.38 bits per heavy atom. The molecule has 0 spiro atoms. The van der Waals surface area contributed by atoms with E-state index in [1.165, 1.54) is 0 Å². The molecule has 0 aliphatic carbocycles. The standard InChI is InChI=1S/C23H19NO2/c24-16-18-6-4-10-21(14-18)20-9-3-5-17(13-20)11-12-19-7-1-2-8-22(19)15-23(25)26/h1-10,13-14H,15-16,24H2,(H,25,26). The maximum Gasteiger partial charge on any atom is 0.307 e. The van der Waals surface area contributed by atoms with Gasteiger partial charge in [0.25, 0.3) is 0 Å². The van der Waals surface area contributed by atoms with Crippen molar-refractivity contribution in [2.45, 2.75) is 13.0 Å².